The number of hydrogen-bond acceptors (Lipinski definition) is 2. The van der Waals surface area contributed by atoms with Crippen molar-refractivity contribution in [1.29, 1.82) is 0 Å². The lowest BCUT2D eigenvalue weighted by molar-refractivity contribution is 0.0952. The first-order valence-corrected chi connectivity index (χ1v) is 4.70. The van der Waals surface area contributed by atoms with Gasteiger partial charge in [0.05, 0.1) is 12.1 Å². The van der Waals surface area contributed by atoms with E-state index in [9.17, 15) is 18.0 Å². The summed E-state index contributed by atoms with van der Waals surface area (Å²) in [4.78, 5) is 11.3. The number of nitrogens with one attached hydrogen (secondary N) is 1. The van der Waals surface area contributed by atoms with Crippen LogP contribution >= 0.6 is 11.6 Å². The molecular weight excluding hydrogens is 259 g/mol. The first-order chi connectivity index (χ1) is 7.84. The maximum absolute atomic E-state index is 13.2. The van der Waals surface area contributed by atoms with Crippen LogP contribution in [0.1, 0.15) is 10.4 Å². The molecule has 17 heavy (non-hydrogen) atoms. The highest BCUT2D eigenvalue weighted by molar-refractivity contribution is 6.29. The van der Waals surface area contributed by atoms with Gasteiger partial charge in [-0.25, -0.2) is 8.78 Å². The van der Waals surface area contributed by atoms with Crippen LogP contribution in [-0.2, 0) is 0 Å². The van der Waals surface area contributed by atoms with E-state index in [1.54, 1.807) is 0 Å². The summed E-state index contributed by atoms with van der Waals surface area (Å²) in [5.41, 5.74) is -0.820. The maximum atomic E-state index is 13.2. The SMILES string of the molecule is C=C(Cl)CNC(=O)c1cc(F)c(F)c(O)c1F. The predicted octanol–water partition coefficient (Wildman–Crippen LogP) is 2.29. The van der Waals surface area contributed by atoms with E-state index in [0.29, 0.717) is 6.07 Å². The molecule has 0 heterocycles. The summed E-state index contributed by atoms with van der Waals surface area (Å²) in [6.07, 6.45) is 0. The van der Waals surface area contributed by atoms with Crippen LogP contribution in [0.15, 0.2) is 17.7 Å². The molecule has 0 spiro atoms. The lowest BCUT2D eigenvalue weighted by atomic mass is 10.1. The Bertz CT molecular complexity index is 491. The molecule has 0 atom stereocenters. The number of halogens is 4. The van der Waals surface area contributed by atoms with Gasteiger partial charge < -0.3 is 10.4 Å². The molecule has 0 aliphatic carbocycles. The fourth-order valence-electron chi connectivity index (χ4n) is 1.03. The van der Waals surface area contributed by atoms with Crippen LogP contribution in [0, 0.1) is 17.5 Å². The second kappa shape index (κ2) is 5.09. The Hall–Kier alpha value is -1.69. The Morgan fingerprint density at radius 1 is 1.41 bits per heavy atom. The molecule has 0 fully saturated rings. The molecule has 0 aliphatic heterocycles. The zero-order chi connectivity index (χ0) is 13.2. The molecule has 0 aromatic heterocycles. The van der Waals surface area contributed by atoms with Crippen molar-refractivity contribution in [3.05, 3.63) is 40.7 Å². The minimum absolute atomic E-state index is 0.0746. The highest BCUT2D eigenvalue weighted by atomic mass is 35.5. The first kappa shape index (κ1) is 13.4. The minimum atomic E-state index is -1.75. The molecule has 2 N–H and O–H groups in total. The molecule has 1 aromatic rings. The zero-order valence-electron chi connectivity index (χ0n) is 8.36. The number of phenolic OH excluding ortho intramolecular Hbond substituents is 1. The van der Waals surface area contributed by atoms with E-state index in [0.717, 1.165) is 0 Å². The van der Waals surface area contributed by atoms with Crippen LogP contribution in [0.3, 0.4) is 0 Å². The highest BCUT2D eigenvalue weighted by Gasteiger charge is 2.22. The van der Waals surface area contributed by atoms with Gasteiger partial charge >= 0.3 is 0 Å². The number of amides is 1. The summed E-state index contributed by atoms with van der Waals surface area (Å²) in [5.74, 6) is -7.40. The Morgan fingerprint density at radius 2 is 2.00 bits per heavy atom. The molecule has 3 nitrogen and oxygen atoms in total. The fourth-order valence-corrected chi connectivity index (χ4v) is 1.09. The van der Waals surface area contributed by atoms with E-state index >= 15 is 0 Å². The van der Waals surface area contributed by atoms with Gasteiger partial charge in [-0.3, -0.25) is 4.79 Å². The maximum Gasteiger partial charge on any atom is 0.254 e. The summed E-state index contributed by atoms with van der Waals surface area (Å²) < 4.78 is 38.8. The first-order valence-electron chi connectivity index (χ1n) is 4.32. The average molecular weight is 266 g/mol. The molecule has 92 valence electrons. The van der Waals surface area contributed by atoms with Gasteiger partial charge in [0.1, 0.15) is 0 Å². The summed E-state index contributed by atoms with van der Waals surface area (Å²) in [5, 5.41) is 11.1. The third-order valence-electron chi connectivity index (χ3n) is 1.82. The Morgan fingerprint density at radius 3 is 2.53 bits per heavy atom. The van der Waals surface area contributed by atoms with Gasteiger partial charge in [0, 0.05) is 5.03 Å². The van der Waals surface area contributed by atoms with Gasteiger partial charge in [-0.05, 0) is 6.07 Å². The second-order valence-corrected chi connectivity index (χ2v) is 3.62. The Balaban J connectivity index is 3.06. The predicted molar refractivity (Wildman–Crippen MR) is 55.3 cm³/mol. The van der Waals surface area contributed by atoms with Gasteiger partial charge in [-0.1, -0.05) is 18.2 Å². The van der Waals surface area contributed by atoms with Gasteiger partial charge in [-0.15, -0.1) is 0 Å². The van der Waals surface area contributed by atoms with Crippen LogP contribution < -0.4 is 5.32 Å². The fraction of sp³-hybridized carbons (Fsp3) is 0.100. The van der Waals surface area contributed by atoms with Crippen LogP contribution in [0.4, 0.5) is 13.2 Å². The van der Waals surface area contributed by atoms with Crippen molar-refractivity contribution in [3.63, 3.8) is 0 Å². The summed E-state index contributed by atoms with van der Waals surface area (Å²) in [6, 6.07) is 0.344. The summed E-state index contributed by atoms with van der Waals surface area (Å²) >= 11 is 5.35. The largest absolute Gasteiger partial charge is 0.503 e. The quantitative estimate of drug-likeness (QED) is 0.824. The van der Waals surface area contributed by atoms with Crippen molar-refractivity contribution in [2.75, 3.05) is 6.54 Å². The highest BCUT2D eigenvalue weighted by Crippen LogP contribution is 2.25. The van der Waals surface area contributed by atoms with Crippen molar-refractivity contribution in [3.8, 4) is 5.75 Å². The molecule has 0 radical (unpaired) electrons. The van der Waals surface area contributed by atoms with Crippen molar-refractivity contribution in [2.45, 2.75) is 0 Å². The van der Waals surface area contributed by atoms with Crippen molar-refractivity contribution >= 4 is 17.5 Å². The monoisotopic (exact) mass is 265 g/mol. The molecule has 1 amide bonds. The molecule has 0 saturated carbocycles. The lowest BCUT2D eigenvalue weighted by Crippen LogP contribution is -2.25. The van der Waals surface area contributed by atoms with Crippen LogP contribution in [0.2, 0.25) is 0 Å². The van der Waals surface area contributed by atoms with E-state index in [2.05, 4.69) is 11.9 Å². The summed E-state index contributed by atoms with van der Waals surface area (Å²) in [7, 11) is 0. The van der Waals surface area contributed by atoms with Crippen LogP contribution in [-0.4, -0.2) is 17.6 Å². The molecule has 0 saturated heterocycles. The molecule has 1 aromatic carbocycles. The van der Waals surface area contributed by atoms with Gasteiger partial charge in [0.25, 0.3) is 5.91 Å². The lowest BCUT2D eigenvalue weighted by Gasteiger charge is -2.07. The molecule has 0 aliphatic rings. The third kappa shape index (κ3) is 2.91. The number of hydrogen-bond donors (Lipinski definition) is 2. The van der Waals surface area contributed by atoms with E-state index in [4.69, 9.17) is 16.7 Å². The smallest absolute Gasteiger partial charge is 0.254 e. The summed E-state index contributed by atoms with van der Waals surface area (Å²) in [6.45, 7) is 3.10. The Kier molecular flexibility index (Phi) is 4.01. The van der Waals surface area contributed by atoms with E-state index < -0.39 is 34.7 Å². The number of carbonyl (C=O) groups excluding carboxylic acids is 1. The molecule has 0 unspecified atom stereocenters. The molecule has 1 rings (SSSR count). The number of carbonyl (C=O) groups is 1. The number of benzene rings is 1. The second-order valence-electron chi connectivity index (χ2n) is 3.08. The number of aromatic hydroxyl groups is 1. The normalized spacial score (nSPS) is 10.1. The Labute approximate surface area is 99.5 Å². The molecule has 7 heteroatoms. The van der Waals surface area contributed by atoms with Gasteiger partial charge in [0.2, 0.25) is 5.82 Å². The van der Waals surface area contributed by atoms with E-state index in [-0.39, 0.29) is 11.6 Å². The van der Waals surface area contributed by atoms with Crippen molar-refractivity contribution in [1.82, 2.24) is 5.32 Å². The van der Waals surface area contributed by atoms with E-state index in [1.165, 1.54) is 0 Å². The van der Waals surface area contributed by atoms with Gasteiger partial charge in [-0.2, -0.15) is 4.39 Å². The standard InChI is InChI=1S/C10H7ClF3NO2/c1-4(11)3-15-10(17)5-2-6(12)8(14)9(16)7(5)13/h2,16H,1,3H2,(H,15,17). The average Bonchev–Trinajstić information content (AvgIpc) is 2.28. The van der Waals surface area contributed by atoms with Crippen molar-refractivity contribution < 1.29 is 23.1 Å². The van der Waals surface area contributed by atoms with Crippen LogP contribution in [0.5, 0.6) is 5.75 Å². The minimum Gasteiger partial charge on any atom is -0.503 e. The topological polar surface area (TPSA) is 49.3 Å². The number of rotatable bonds is 3. The van der Waals surface area contributed by atoms with Crippen molar-refractivity contribution in [2.24, 2.45) is 0 Å². The molecule has 0 bridgehead atoms. The number of phenols is 1. The third-order valence-corrected chi connectivity index (χ3v) is 1.95. The van der Waals surface area contributed by atoms with Gasteiger partial charge in [0.15, 0.2) is 17.4 Å². The van der Waals surface area contributed by atoms with E-state index in [1.807, 2.05) is 0 Å². The molecular formula is C10H7ClF3NO2. The zero-order valence-corrected chi connectivity index (χ0v) is 9.11. The van der Waals surface area contributed by atoms with Crippen LogP contribution in [0.25, 0.3) is 0 Å².